The molecular formula is C16H21N3O. The molecule has 4 heteroatoms. The van der Waals surface area contributed by atoms with Crippen molar-refractivity contribution in [2.75, 3.05) is 0 Å². The Balaban J connectivity index is 1.79. The van der Waals surface area contributed by atoms with Gasteiger partial charge in [0, 0.05) is 6.54 Å². The van der Waals surface area contributed by atoms with E-state index in [1.165, 1.54) is 6.42 Å². The van der Waals surface area contributed by atoms with Crippen molar-refractivity contribution in [1.82, 2.24) is 10.6 Å². The van der Waals surface area contributed by atoms with Crippen molar-refractivity contribution in [1.29, 1.82) is 5.26 Å². The van der Waals surface area contributed by atoms with Gasteiger partial charge in [0.05, 0.1) is 6.07 Å². The molecular weight excluding hydrogens is 250 g/mol. The summed E-state index contributed by atoms with van der Waals surface area (Å²) < 4.78 is 0. The van der Waals surface area contributed by atoms with Gasteiger partial charge in [-0.1, -0.05) is 49.6 Å². The van der Waals surface area contributed by atoms with E-state index in [1.54, 1.807) is 0 Å². The molecule has 2 rings (SSSR count). The van der Waals surface area contributed by atoms with E-state index in [0.29, 0.717) is 12.5 Å². The molecule has 0 bridgehead atoms. The zero-order valence-corrected chi connectivity index (χ0v) is 11.6. The van der Waals surface area contributed by atoms with Crippen LogP contribution in [0.1, 0.15) is 37.7 Å². The van der Waals surface area contributed by atoms with Crippen molar-refractivity contribution in [2.24, 2.45) is 5.92 Å². The quantitative estimate of drug-likeness (QED) is 0.884. The van der Waals surface area contributed by atoms with Gasteiger partial charge < -0.3 is 10.6 Å². The number of carbonyl (C=O) groups excluding carboxylic acids is 1. The monoisotopic (exact) mass is 271 g/mol. The van der Waals surface area contributed by atoms with Crippen LogP contribution >= 0.6 is 0 Å². The van der Waals surface area contributed by atoms with Gasteiger partial charge in [0.1, 0.15) is 6.04 Å². The molecule has 2 N–H and O–H groups in total. The van der Waals surface area contributed by atoms with Gasteiger partial charge in [-0.05, 0) is 24.3 Å². The van der Waals surface area contributed by atoms with E-state index in [9.17, 15) is 10.1 Å². The van der Waals surface area contributed by atoms with Crippen LogP contribution in [0, 0.1) is 17.2 Å². The summed E-state index contributed by atoms with van der Waals surface area (Å²) in [6.45, 7) is 0.482. The topological polar surface area (TPSA) is 64.9 Å². The summed E-state index contributed by atoms with van der Waals surface area (Å²) in [6, 6.07) is 11.3. The predicted octanol–water partition coefficient (Wildman–Crippen LogP) is 2.96. The summed E-state index contributed by atoms with van der Waals surface area (Å²) in [5, 5.41) is 14.8. The number of urea groups is 1. The molecule has 0 aromatic heterocycles. The second kappa shape index (κ2) is 7.54. The van der Waals surface area contributed by atoms with Crippen molar-refractivity contribution in [3.63, 3.8) is 0 Å². The lowest BCUT2D eigenvalue weighted by Crippen LogP contribution is -2.45. The Morgan fingerprint density at radius 3 is 2.60 bits per heavy atom. The Morgan fingerprint density at radius 2 is 1.95 bits per heavy atom. The van der Waals surface area contributed by atoms with Gasteiger partial charge in [0.25, 0.3) is 0 Å². The number of benzene rings is 1. The number of nitrogens with zero attached hydrogens (tertiary/aromatic N) is 1. The molecule has 1 aromatic rings. The summed E-state index contributed by atoms with van der Waals surface area (Å²) in [7, 11) is 0. The highest BCUT2D eigenvalue weighted by molar-refractivity contribution is 5.74. The van der Waals surface area contributed by atoms with E-state index in [4.69, 9.17) is 0 Å². The molecule has 0 spiro atoms. The Kier molecular flexibility index (Phi) is 5.43. The van der Waals surface area contributed by atoms with Gasteiger partial charge >= 0.3 is 6.03 Å². The molecule has 0 aliphatic heterocycles. The first-order valence-electron chi connectivity index (χ1n) is 7.27. The molecule has 2 amide bonds. The summed E-state index contributed by atoms with van der Waals surface area (Å²) >= 11 is 0. The second-order valence-electron chi connectivity index (χ2n) is 5.32. The molecule has 1 aromatic carbocycles. The minimum Gasteiger partial charge on any atom is -0.334 e. The average Bonchev–Trinajstić information content (AvgIpc) is 2.52. The third-order valence-electron chi connectivity index (χ3n) is 3.84. The number of hydrogen-bond acceptors (Lipinski definition) is 2. The Bertz CT molecular complexity index is 460. The van der Waals surface area contributed by atoms with E-state index in [-0.39, 0.29) is 12.1 Å². The smallest absolute Gasteiger partial charge is 0.316 e. The van der Waals surface area contributed by atoms with Crippen LogP contribution < -0.4 is 10.6 Å². The molecule has 1 saturated carbocycles. The minimum atomic E-state index is -0.369. The maximum absolute atomic E-state index is 11.9. The molecule has 1 fully saturated rings. The number of nitriles is 1. The molecule has 4 nitrogen and oxygen atoms in total. The van der Waals surface area contributed by atoms with Gasteiger partial charge in [0.2, 0.25) is 0 Å². The SMILES string of the molecule is N#CC(NC(=O)NCc1ccccc1)C1CCCCC1. The zero-order valence-electron chi connectivity index (χ0n) is 11.6. The van der Waals surface area contributed by atoms with Crippen molar-refractivity contribution >= 4 is 6.03 Å². The molecule has 0 radical (unpaired) electrons. The largest absolute Gasteiger partial charge is 0.334 e. The van der Waals surface area contributed by atoms with Gasteiger partial charge in [-0.25, -0.2) is 4.79 Å². The van der Waals surface area contributed by atoms with Gasteiger partial charge in [-0.3, -0.25) is 0 Å². The normalized spacial score (nSPS) is 16.9. The predicted molar refractivity (Wildman–Crippen MR) is 77.8 cm³/mol. The second-order valence-corrected chi connectivity index (χ2v) is 5.32. The van der Waals surface area contributed by atoms with Gasteiger partial charge in [0.15, 0.2) is 0 Å². The average molecular weight is 271 g/mol. The first kappa shape index (κ1) is 14.4. The maximum atomic E-state index is 11.9. The third-order valence-corrected chi connectivity index (χ3v) is 3.84. The van der Waals surface area contributed by atoms with Crippen molar-refractivity contribution in [3.8, 4) is 6.07 Å². The van der Waals surface area contributed by atoms with E-state index < -0.39 is 0 Å². The Hall–Kier alpha value is -2.02. The number of carbonyl (C=O) groups is 1. The summed E-state index contributed by atoms with van der Waals surface area (Å²) in [6.07, 6.45) is 5.65. The van der Waals surface area contributed by atoms with Crippen molar-refractivity contribution < 1.29 is 4.79 Å². The number of amides is 2. The van der Waals surface area contributed by atoms with Gasteiger partial charge in [-0.2, -0.15) is 5.26 Å². The summed E-state index contributed by atoms with van der Waals surface area (Å²) in [4.78, 5) is 11.9. The van der Waals surface area contributed by atoms with Crippen LogP contribution in [0.4, 0.5) is 4.79 Å². The molecule has 1 atom stereocenters. The fourth-order valence-electron chi connectivity index (χ4n) is 2.69. The number of nitrogens with one attached hydrogen (secondary N) is 2. The minimum absolute atomic E-state index is 0.258. The van der Waals surface area contributed by atoms with E-state index in [0.717, 1.165) is 31.2 Å². The van der Waals surface area contributed by atoms with Crippen LogP contribution in [0.2, 0.25) is 0 Å². The Morgan fingerprint density at radius 1 is 1.25 bits per heavy atom. The van der Waals surface area contributed by atoms with E-state index in [1.807, 2.05) is 30.3 Å². The standard InChI is InChI=1S/C16H21N3O/c17-11-15(14-9-5-2-6-10-14)19-16(20)18-12-13-7-3-1-4-8-13/h1,3-4,7-8,14-15H,2,5-6,9-10,12H2,(H2,18,19,20). The molecule has 20 heavy (non-hydrogen) atoms. The fraction of sp³-hybridized carbons (Fsp3) is 0.500. The fourth-order valence-corrected chi connectivity index (χ4v) is 2.69. The van der Waals surface area contributed by atoms with Crippen molar-refractivity contribution in [2.45, 2.75) is 44.7 Å². The molecule has 1 aliphatic rings. The highest BCUT2D eigenvalue weighted by atomic mass is 16.2. The molecule has 0 saturated heterocycles. The highest BCUT2D eigenvalue weighted by Gasteiger charge is 2.24. The Labute approximate surface area is 120 Å². The third kappa shape index (κ3) is 4.27. The molecule has 0 heterocycles. The lowest BCUT2D eigenvalue weighted by atomic mass is 9.84. The first-order chi connectivity index (χ1) is 9.79. The first-order valence-corrected chi connectivity index (χ1v) is 7.27. The summed E-state index contributed by atoms with van der Waals surface area (Å²) in [5.74, 6) is 0.302. The van der Waals surface area contributed by atoms with Crippen LogP contribution in [0.25, 0.3) is 0 Å². The maximum Gasteiger partial charge on any atom is 0.316 e. The summed E-state index contributed by atoms with van der Waals surface area (Å²) in [5.41, 5.74) is 1.05. The lowest BCUT2D eigenvalue weighted by molar-refractivity contribution is 0.230. The van der Waals surface area contributed by atoms with Crippen LogP contribution in [0.15, 0.2) is 30.3 Å². The van der Waals surface area contributed by atoms with Crippen LogP contribution in [0.3, 0.4) is 0 Å². The zero-order chi connectivity index (χ0) is 14.2. The molecule has 106 valence electrons. The van der Waals surface area contributed by atoms with Crippen LogP contribution in [-0.2, 0) is 6.54 Å². The van der Waals surface area contributed by atoms with Crippen LogP contribution in [0.5, 0.6) is 0 Å². The molecule has 1 aliphatic carbocycles. The van der Waals surface area contributed by atoms with E-state index >= 15 is 0 Å². The van der Waals surface area contributed by atoms with Crippen molar-refractivity contribution in [3.05, 3.63) is 35.9 Å². The number of hydrogen-bond donors (Lipinski definition) is 2. The lowest BCUT2D eigenvalue weighted by Gasteiger charge is -2.26. The van der Waals surface area contributed by atoms with Gasteiger partial charge in [-0.15, -0.1) is 0 Å². The molecule has 1 unspecified atom stereocenters. The highest BCUT2D eigenvalue weighted by Crippen LogP contribution is 2.26. The van der Waals surface area contributed by atoms with E-state index in [2.05, 4.69) is 16.7 Å². The van der Waals surface area contributed by atoms with Crippen LogP contribution in [-0.4, -0.2) is 12.1 Å². The number of rotatable bonds is 4.